The molecule has 0 heterocycles. The molecule has 102 valence electrons. The fourth-order valence-electron chi connectivity index (χ4n) is 2.10. The third kappa shape index (κ3) is 5.50. The molecule has 0 aliphatic carbocycles. The Kier molecular flexibility index (Phi) is 7.42. The van der Waals surface area contributed by atoms with E-state index >= 15 is 0 Å². The molecule has 2 nitrogen and oxygen atoms in total. The van der Waals surface area contributed by atoms with Crippen LogP contribution < -0.4 is 10.2 Å². The van der Waals surface area contributed by atoms with Crippen LogP contribution in [0.5, 0.6) is 0 Å². The van der Waals surface area contributed by atoms with Gasteiger partial charge in [-0.2, -0.15) is 0 Å². The minimum absolute atomic E-state index is 0.153. The Bertz CT molecular complexity index is 328. The topological polar surface area (TPSA) is 15.3 Å². The summed E-state index contributed by atoms with van der Waals surface area (Å²) >= 11 is 0. The van der Waals surface area contributed by atoms with Crippen molar-refractivity contribution in [1.29, 1.82) is 0 Å². The van der Waals surface area contributed by atoms with Crippen LogP contribution in [-0.2, 0) is 0 Å². The van der Waals surface area contributed by atoms with Crippen molar-refractivity contribution < 1.29 is 4.39 Å². The van der Waals surface area contributed by atoms with Gasteiger partial charge in [-0.05, 0) is 51.6 Å². The molecule has 1 rings (SSSR count). The lowest BCUT2D eigenvalue weighted by Crippen LogP contribution is -2.23. The van der Waals surface area contributed by atoms with Crippen LogP contribution >= 0.6 is 0 Å². The molecular weight excluding hydrogens is 227 g/mol. The maximum atomic E-state index is 13.2. The van der Waals surface area contributed by atoms with Gasteiger partial charge in [0, 0.05) is 18.8 Å². The average Bonchev–Trinajstić information content (AvgIpc) is 2.38. The van der Waals surface area contributed by atoms with Crippen LogP contribution in [0, 0.1) is 5.82 Å². The molecule has 1 aromatic carbocycles. The van der Waals surface area contributed by atoms with Crippen LogP contribution in [0.1, 0.15) is 32.6 Å². The Morgan fingerprint density at radius 2 is 1.94 bits per heavy atom. The number of benzene rings is 1. The number of anilines is 1. The van der Waals surface area contributed by atoms with Crippen molar-refractivity contribution in [3.63, 3.8) is 0 Å². The van der Waals surface area contributed by atoms with Crippen LogP contribution in [0.3, 0.4) is 0 Å². The Hall–Kier alpha value is -1.09. The third-order valence-corrected chi connectivity index (χ3v) is 3.16. The van der Waals surface area contributed by atoms with E-state index in [0.29, 0.717) is 0 Å². The van der Waals surface area contributed by atoms with Gasteiger partial charge in [-0.1, -0.05) is 18.9 Å². The van der Waals surface area contributed by atoms with E-state index in [1.54, 1.807) is 12.1 Å². The quantitative estimate of drug-likeness (QED) is 0.677. The van der Waals surface area contributed by atoms with Crippen molar-refractivity contribution in [2.75, 3.05) is 31.6 Å². The normalized spacial score (nSPS) is 10.6. The first-order valence-electron chi connectivity index (χ1n) is 6.93. The summed E-state index contributed by atoms with van der Waals surface area (Å²) in [6, 6.07) is 6.87. The van der Waals surface area contributed by atoms with Gasteiger partial charge in [-0.3, -0.25) is 0 Å². The summed E-state index contributed by atoms with van der Waals surface area (Å²) in [5.41, 5.74) is 0.993. The highest BCUT2D eigenvalue weighted by Crippen LogP contribution is 2.16. The molecule has 0 aliphatic rings. The van der Waals surface area contributed by atoms with Crippen molar-refractivity contribution in [2.45, 2.75) is 32.6 Å². The van der Waals surface area contributed by atoms with E-state index < -0.39 is 0 Å². The molecule has 18 heavy (non-hydrogen) atoms. The van der Waals surface area contributed by atoms with E-state index in [9.17, 15) is 4.39 Å². The number of rotatable bonds is 9. The number of nitrogens with zero attached hydrogens (tertiary/aromatic N) is 1. The Balaban J connectivity index is 2.29. The zero-order chi connectivity index (χ0) is 13.2. The Morgan fingerprint density at radius 1 is 1.17 bits per heavy atom. The lowest BCUT2D eigenvalue weighted by Gasteiger charge is -2.23. The second kappa shape index (κ2) is 8.92. The number of hydrogen-bond donors (Lipinski definition) is 1. The highest BCUT2D eigenvalue weighted by atomic mass is 19.1. The number of hydrogen-bond acceptors (Lipinski definition) is 2. The molecule has 0 unspecified atom stereocenters. The molecule has 0 amide bonds. The molecule has 0 fully saturated rings. The number of unbranched alkanes of at least 4 members (excludes halogenated alkanes) is 3. The molecule has 0 saturated heterocycles. The lowest BCUT2D eigenvalue weighted by molar-refractivity contribution is 0.606. The SMILES string of the molecule is CCN(CCCCCCNC)c1cccc(F)c1. The maximum Gasteiger partial charge on any atom is 0.125 e. The van der Waals surface area contributed by atoms with Gasteiger partial charge in [0.15, 0.2) is 0 Å². The molecule has 1 N–H and O–H groups in total. The standard InChI is InChI=1S/C15H25FN2/c1-3-18(12-7-5-4-6-11-17-2)15-10-8-9-14(16)13-15/h8-10,13,17H,3-7,11-12H2,1-2H3. The molecular formula is C15H25FN2. The van der Waals surface area contributed by atoms with Crippen molar-refractivity contribution >= 4 is 5.69 Å². The van der Waals surface area contributed by atoms with Crippen molar-refractivity contribution in [2.24, 2.45) is 0 Å². The van der Waals surface area contributed by atoms with Gasteiger partial charge >= 0.3 is 0 Å². The average molecular weight is 252 g/mol. The van der Waals surface area contributed by atoms with Gasteiger partial charge in [0.2, 0.25) is 0 Å². The van der Waals surface area contributed by atoms with Gasteiger partial charge in [0.05, 0.1) is 0 Å². The van der Waals surface area contributed by atoms with E-state index in [2.05, 4.69) is 17.1 Å². The van der Waals surface area contributed by atoms with E-state index in [1.807, 2.05) is 13.1 Å². The van der Waals surface area contributed by atoms with E-state index in [1.165, 1.54) is 31.7 Å². The molecule has 0 spiro atoms. The summed E-state index contributed by atoms with van der Waals surface area (Å²) in [6.07, 6.45) is 4.92. The summed E-state index contributed by atoms with van der Waals surface area (Å²) in [5.74, 6) is -0.153. The van der Waals surface area contributed by atoms with Crippen molar-refractivity contribution in [3.05, 3.63) is 30.1 Å². The highest BCUT2D eigenvalue weighted by molar-refractivity contribution is 5.46. The molecule has 3 heteroatoms. The van der Waals surface area contributed by atoms with Gasteiger partial charge in [-0.15, -0.1) is 0 Å². The van der Waals surface area contributed by atoms with E-state index in [0.717, 1.165) is 25.3 Å². The molecule has 0 saturated carbocycles. The molecule has 0 radical (unpaired) electrons. The first-order chi connectivity index (χ1) is 8.77. The minimum Gasteiger partial charge on any atom is -0.372 e. The van der Waals surface area contributed by atoms with Gasteiger partial charge in [0.25, 0.3) is 0 Å². The van der Waals surface area contributed by atoms with Crippen LogP contribution in [0.25, 0.3) is 0 Å². The predicted molar refractivity (Wildman–Crippen MR) is 76.7 cm³/mol. The first kappa shape index (κ1) is 15.0. The fourth-order valence-corrected chi connectivity index (χ4v) is 2.10. The summed E-state index contributed by atoms with van der Waals surface area (Å²) in [5, 5.41) is 3.16. The Morgan fingerprint density at radius 3 is 2.61 bits per heavy atom. The zero-order valence-electron chi connectivity index (χ0n) is 11.6. The van der Waals surface area contributed by atoms with Crippen molar-refractivity contribution in [3.8, 4) is 0 Å². The predicted octanol–water partition coefficient (Wildman–Crippen LogP) is 3.43. The molecule has 1 aromatic rings. The van der Waals surface area contributed by atoms with Gasteiger partial charge < -0.3 is 10.2 Å². The monoisotopic (exact) mass is 252 g/mol. The van der Waals surface area contributed by atoms with Crippen LogP contribution in [-0.4, -0.2) is 26.7 Å². The molecule has 0 bridgehead atoms. The molecule has 0 aliphatic heterocycles. The molecule has 0 atom stereocenters. The summed E-state index contributed by atoms with van der Waals surface area (Å²) in [4.78, 5) is 2.24. The Labute approximate surface area is 110 Å². The first-order valence-corrected chi connectivity index (χ1v) is 6.93. The summed E-state index contributed by atoms with van der Waals surface area (Å²) in [7, 11) is 1.99. The zero-order valence-corrected chi connectivity index (χ0v) is 11.6. The van der Waals surface area contributed by atoms with Crippen LogP contribution in [0.15, 0.2) is 24.3 Å². The minimum atomic E-state index is -0.153. The number of nitrogens with one attached hydrogen (secondary N) is 1. The maximum absolute atomic E-state index is 13.2. The van der Waals surface area contributed by atoms with Gasteiger partial charge in [0.1, 0.15) is 5.82 Å². The van der Waals surface area contributed by atoms with Gasteiger partial charge in [-0.25, -0.2) is 4.39 Å². The fraction of sp³-hybridized carbons (Fsp3) is 0.600. The second-order valence-corrected chi connectivity index (χ2v) is 4.58. The van der Waals surface area contributed by atoms with Crippen molar-refractivity contribution in [1.82, 2.24) is 5.32 Å². The smallest absolute Gasteiger partial charge is 0.125 e. The lowest BCUT2D eigenvalue weighted by atomic mass is 10.1. The largest absolute Gasteiger partial charge is 0.372 e. The number of halogens is 1. The summed E-state index contributed by atoms with van der Waals surface area (Å²) in [6.45, 7) is 5.16. The molecule has 0 aromatic heterocycles. The van der Waals surface area contributed by atoms with Crippen LogP contribution in [0.2, 0.25) is 0 Å². The third-order valence-electron chi connectivity index (χ3n) is 3.16. The second-order valence-electron chi connectivity index (χ2n) is 4.58. The van der Waals surface area contributed by atoms with E-state index in [-0.39, 0.29) is 5.82 Å². The van der Waals surface area contributed by atoms with Crippen LogP contribution in [0.4, 0.5) is 10.1 Å². The van der Waals surface area contributed by atoms with E-state index in [4.69, 9.17) is 0 Å². The summed E-state index contributed by atoms with van der Waals surface area (Å²) < 4.78 is 13.2. The highest BCUT2D eigenvalue weighted by Gasteiger charge is 2.04.